The van der Waals surface area contributed by atoms with Crippen LogP contribution in [0.5, 0.6) is 0 Å². The van der Waals surface area contributed by atoms with Crippen LogP contribution in [0.4, 0.5) is 5.95 Å². The van der Waals surface area contributed by atoms with E-state index >= 15 is 0 Å². The average molecular weight is 199 g/mol. The van der Waals surface area contributed by atoms with E-state index in [4.69, 9.17) is 5.73 Å². The molecule has 0 radical (unpaired) electrons. The Kier molecular flexibility index (Phi) is 2.37. The maximum absolute atomic E-state index is 5.62. The van der Waals surface area contributed by atoms with Gasteiger partial charge in [0.2, 0.25) is 5.95 Å². The van der Waals surface area contributed by atoms with Crippen LogP contribution in [0.1, 0.15) is 11.3 Å². The molecule has 0 amide bonds. The second kappa shape index (κ2) is 3.69. The number of aromatic nitrogens is 2. The zero-order valence-corrected chi connectivity index (χ0v) is 8.86. The average Bonchev–Trinajstić information content (AvgIpc) is 2.16. The standard InChI is InChI=1S/C12H13N3/c1-8-5-3-4-6-10(8)11-7-9(2)14-12(13)15-11/h3-7H,1-2H3,(H2,13,14,15). The second-order valence-corrected chi connectivity index (χ2v) is 3.57. The maximum Gasteiger partial charge on any atom is 0.220 e. The van der Waals surface area contributed by atoms with Gasteiger partial charge in [-0.2, -0.15) is 0 Å². The monoisotopic (exact) mass is 199 g/mol. The Labute approximate surface area is 89.0 Å². The number of aryl methyl sites for hydroxylation is 2. The van der Waals surface area contributed by atoms with Crippen LogP contribution >= 0.6 is 0 Å². The molecule has 0 saturated heterocycles. The zero-order valence-electron chi connectivity index (χ0n) is 8.86. The van der Waals surface area contributed by atoms with E-state index in [0.29, 0.717) is 5.95 Å². The molecule has 1 heterocycles. The molecule has 1 aromatic heterocycles. The van der Waals surface area contributed by atoms with Crippen LogP contribution in [-0.4, -0.2) is 9.97 Å². The molecule has 3 heteroatoms. The van der Waals surface area contributed by atoms with Crippen LogP contribution in [0.25, 0.3) is 11.3 Å². The first-order chi connectivity index (χ1) is 7.16. The van der Waals surface area contributed by atoms with Crippen LogP contribution in [-0.2, 0) is 0 Å². The fraction of sp³-hybridized carbons (Fsp3) is 0.167. The summed E-state index contributed by atoms with van der Waals surface area (Å²) in [6.45, 7) is 3.97. The van der Waals surface area contributed by atoms with Gasteiger partial charge in [-0.05, 0) is 25.5 Å². The van der Waals surface area contributed by atoms with Crippen molar-refractivity contribution in [2.75, 3.05) is 5.73 Å². The Morgan fingerprint density at radius 3 is 2.47 bits per heavy atom. The van der Waals surface area contributed by atoms with Crippen molar-refractivity contribution in [1.29, 1.82) is 0 Å². The van der Waals surface area contributed by atoms with Crippen molar-refractivity contribution in [3.8, 4) is 11.3 Å². The van der Waals surface area contributed by atoms with Crippen LogP contribution in [0.3, 0.4) is 0 Å². The fourth-order valence-electron chi connectivity index (χ4n) is 1.59. The minimum atomic E-state index is 0.327. The van der Waals surface area contributed by atoms with Gasteiger partial charge in [0, 0.05) is 11.3 Å². The summed E-state index contributed by atoms with van der Waals surface area (Å²) in [4.78, 5) is 8.29. The molecule has 0 aliphatic rings. The summed E-state index contributed by atoms with van der Waals surface area (Å²) in [6.07, 6.45) is 0. The number of nitrogens with zero attached hydrogens (tertiary/aromatic N) is 2. The summed E-state index contributed by atoms with van der Waals surface area (Å²) < 4.78 is 0. The van der Waals surface area contributed by atoms with Crippen molar-refractivity contribution in [3.63, 3.8) is 0 Å². The molecule has 15 heavy (non-hydrogen) atoms. The Morgan fingerprint density at radius 2 is 1.80 bits per heavy atom. The summed E-state index contributed by atoms with van der Waals surface area (Å²) in [7, 11) is 0. The number of anilines is 1. The molecule has 1 aromatic carbocycles. The molecule has 2 N–H and O–H groups in total. The van der Waals surface area contributed by atoms with Crippen LogP contribution < -0.4 is 5.73 Å². The molecule has 0 saturated carbocycles. The number of hydrogen-bond acceptors (Lipinski definition) is 3. The third kappa shape index (κ3) is 1.96. The number of benzene rings is 1. The molecule has 0 bridgehead atoms. The predicted octanol–water partition coefficient (Wildman–Crippen LogP) is 2.34. The zero-order chi connectivity index (χ0) is 10.8. The lowest BCUT2D eigenvalue weighted by atomic mass is 10.1. The molecule has 2 rings (SSSR count). The predicted molar refractivity (Wildman–Crippen MR) is 61.4 cm³/mol. The highest BCUT2D eigenvalue weighted by molar-refractivity contribution is 5.64. The van der Waals surface area contributed by atoms with Gasteiger partial charge >= 0.3 is 0 Å². The van der Waals surface area contributed by atoms with Gasteiger partial charge in [-0.25, -0.2) is 9.97 Å². The molecular formula is C12H13N3. The SMILES string of the molecule is Cc1cc(-c2ccccc2C)nc(N)n1. The first-order valence-corrected chi connectivity index (χ1v) is 4.84. The lowest BCUT2D eigenvalue weighted by molar-refractivity contribution is 1.12. The van der Waals surface area contributed by atoms with E-state index in [1.54, 1.807) is 0 Å². The topological polar surface area (TPSA) is 51.8 Å². The van der Waals surface area contributed by atoms with E-state index in [1.807, 2.05) is 31.2 Å². The van der Waals surface area contributed by atoms with Gasteiger partial charge in [-0.1, -0.05) is 24.3 Å². The van der Waals surface area contributed by atoms with Crippen molar-refractivity contribution in [1.82, 2.24) is 9.97 Å². The first-order valence-electron chi connectivity index (χ1n) is 4.84. The van der Waals surface area contributed by atoms with Gasteiger partial charge in [0.05, 0.1) is 5.69 Å². The third-order valence-electron chi connectivity index (χ3n) is 2.29. The molecule has 0 aliphatic carbocycles. The molecule has 3 nitrogen and oxygen atoms in total. The molecule has 0 spiro atoms. The Bertz CT molecular complexity index is 472. The minimum Gasteiger partial charge on any atom is -0.368 e. The van der Waals surface area contributed by atoms with Crippen LogP contribution in [0.2, 0.25) is 0 Å². The quantitative estimate of drug-likeness (QED) is 0.767. The Hall–Kier alpha value is -1.90. The van der Waals surface area contributed by atoms with Crippen molar-refractivity contribution >= 4 is 5.95 Å². The van der Waals surface area contributed by atoms with Crippen molar-refractivity contribution in [3.05, 3.63) is 41.6 Å². The van der Waals surface area contributed by atoms with E-state index in [-0.39, 0.29) is 0 Å². The van der Waals surface area contributed by atoms with Crippen LogP contribution in [0, 0.1) is 13.8 Å². The van der Waals surface area contributed by atoms with Gasteiger partial charge < -0.3 is 5.73 Å². The van der Waals surface area contributed by atoms with E-state index in [9.17, 15) is 0 Å². The summed E-state index contributed by atoms with van der Waals surface area (Å²) in [5.74, 6) is 0.327. The number of rotatable bonds is 1. The van der Waals surface area contributed by atoms with E-state index < -0.39 is 0 Å². The number of hydrogen-bond donors (Lipinski definition) is 1. The van der Waals surface area contributed by atoms with E-state index in [1.165, 1.54) is 5.56 Å². The van der Waals surface area contributed by atoms with Gasteiger partial charge in [-0.15, -0.1) is 0 Å². The first kappa shape index (κ1) is 9.65. The molecule has 0 atom stereocenters. The highest BCUT2D eigenvalue weighted by Crippen LogP contribution is 2.21. The molecule has 2 aromatic rings. The largest absolute Gasteiger partial charge is 0.368 e. The molecule has 76 valence electrons. The molecule has 0 fully saturated rings. The number of nitrogens with two attached hydrogens (primary N) is 1. The summed E-state index contributed by atoms with van der Waals surface area (Å²) in [5.41, 5.74) is 9.70. The van der Waals surface area contributed by atoms with Crippen LogP contribution in [0.15, 0.2) is 30.3 Å². The third-order valence-corrected chi connectivity index (χ3v) is 2.29. The molecular weight excluding hydrogens is 186 g/mol. The smallest absolute Gasteiger partial charge is 0.220 e. The summed E-state index contributed by atoms with van der Waals surface area (Å²) in [5, 5.41) is 0. The normalized spacial score (nSPS) is 10.3. The van der Waals surface area contributed by atoms with Gasteiger partial charge in [0.25, 0.3) is 0 Å². The Balaban J connectivity index is 2.59. The van der Waals surface area contributed by atoms with Crippen molar-refractivity contribution in [2.45, 2.75) is 13.8 Å². The maximum atomic E-state index is 5.62. The van der Waals surface area contributed by atoms with E-state index in [2.05, 4.69) is 23.0 Å². The lowest BCUT2D eigenvalue weighted by Crippen LogP contribution is -1.98. The van der Waals surface area contributed by atoms with Gasteiger partial charge in [-0.3, -0.25) is 0 Å². The fourth-order valence-corrected chi connectivity index (χ4v) is 1.59. The second-order valence-electron chi connectivity index (χ2n) is 3.57. The van der Waals surface area contributed by atoms with Crippen molar-refractivity contribution < 1.29 is 0 Å². The lowest BCUT2D eigenvalue weighted by Gasteiger charge is -2.06. The van der Waals surface area contributed by atoms with Crippen molar-refractivity contribution in [2.24, 2.45) is 0 Å². The van der Waals surface area contributed by atoms with E-state index in [0.717, 1.165) is 17.0 Å². The van der Waals surface area contributed by atoms with Gasteiger partial charge in [0.15, 0.2) is 0 Å². The minimum absolute atomic E-state index is 0.327. The van der Waals surface area contributed by atoms with Gasteiger partial charge in [0.1, 0.15) is 0 Å². The summed E-state index contributed by atoms with van der Waals surface area (Å²) >= 11 is 0. The highest BCUT2D eigenvalue weighted by atomic mass is 15.0. The highest BCUT2D eigenvalue weighted by Gasteiger charge is 2.04. The molecule has 0 unspecified atom stereocenters. The summed E-state index contributed by atoms with van der Waals surface area (Å²) in [6, 6.07) is 10.0. The number of nitrogen functional groups attached to an aromatic ring is 1. The Morgan fingerprint density at radius 1 is 1.07 bits per heavy atom. The molecule has 0 aliphatic heterocycles.